The van der Waals surface area contributed by atoms with Crippen molar-refractivity contribution in [3.63, 3.8) is 0 Å². The van der Waals surface area contributed by atoms with Gasteiger partial charge in [-0.25, -0.2) is 18.5 Å². The second-order valence-electron chi connectivity index (χ2n) is 5.25. The molecule has 3 rings (SSSR count). The van der Waals surface area contributed by atoms with Gasteiger partial charge in [0.15, 0.2) is 0 Å². The molecule has 0 aliphatic carbocycles. The van der Waals surface area contributed by atoms with Crippen LogP contribution in [0.1, 0.15) is 5.56 Å². The van der Waals surface area contributed by atoms with Crippen LogP contribution in [0.25, 0.3) is 10.8 Å². The van der Waals surface area contributed by atoms with E-state index in [0.29, 0.717) is 17.2 Å². The van der Waals surface area contributed by atoms with Crippen molar-refractivity contribution < 1.29 is 8.42 Å². The third-order valence-electron chi connectivity index (χ3n) is 3.63. The van der Waals surface area contributed by atoms with Gasteiger partial charge < -0.3 is 11.1 Å². The topological polar surface area (TPSA) is 111 Å². The molecular formula is C16H16N4O2S. The maximum Gasteiger partial charge on any atom is 0.238 e. The zero-order valence-corrected chi connectivity index (χ0v) is 13.3. The van der Waals surface area contributed by atoms with Crippen LogP contribution >= 0.6 is 0 Å². The quantitative estimate of drug-likeness (QED) is 0.640. The molecule has 0 fully saturated rings. The molecule has 3 aromatic rings. The lowest BCUT2D eigenvalue weighted by atomic mass is 10.1. The minimum atomic E-state index is -3.75. The zero-order chi connectivity index (χ0) is 16.6. The van der Waals surface area contributed by atoms with Crippen LogP contribution in [0.2, 0.25) is 0 Å². The van der Waals surface area contributed by atoms with Crippen LogP contribution in [0.4, 0.5) is 17.2 Å². The number of nitrogens with one attached hydrogen (secondary N) is 1. The highest BCUT2D eigenvalue weighted by Crippen LogP contribution is 2.30. The van der Waals surface area contributed by atoms with E-state index in [9.17, 15) is 8.42 Å². The SMILES string of the molecule is Cc1ccc2c(Nc3cccc(S(N)(=O)=O)c3)nccc2c1N. The first-order valence-electron chi connectivity index (χ1n) is 6.90. The number of nitrogen functional groups attached to an aromatic ring is 1. The number of sulfonamides is 1. The third kappa shape index (κ3) is 2.96. The number of nitrogens with two attached hydrogens (primary N) is 2. The minimum Gasteiger partial charge on any atom is -0.398 e. The number of aryl methyl sites for hydroxylation is 1. The Balaban J connectivity index is 2.08. The summed E-state index contributed by atoms with van der Waals surface area (Å²) in [4.78, 5) is 4.36. The molecular weight excluding hydrogens is 312 g/mol. The van der Waals surface area contributed by atoms with Gasteiger partial charge in [0.1, 0.15) is 5.82 Å². The third-order valence-corrected chi connectivity index (χ3v) is 4.54. The van der Waals surface area contributed by atoms with E-state index >= 15 is 0 Å². The van der Waals surface area contributed by atoms with Crippen LogP contribution in [-0.4, -0.2) is 13.4 Å². The van der Waals surface area contributed by atoms with Crippen molar-refractivity contribution >= 4 is 38.0 Å². The molecule has 0 saturated heterocycles. The highest BCUT2D eigenvalue weighted by atomic mass is 32.2. The first-order valence-corrected chi connectivity index (χ1v) is 8.44. The van der Waals surface area contributed by atoms with Gasteiger partial charge in [0.25, 0.3) is 0 Å². The van der Waals surface area contributed by atoms with E-state index < -0.39 is 10.0 Å². The molecule has 0 aliphatic heterocycles. The number of aromatic nitrogens is 1. The van der Waals surface area contributed by atoms with Crippen molar-refractivity contribution in [2.45, 2.75) is 11.8 Å². The molecule has 7 heteroatoms. The Morgan fingerprint density at radius 2 is 1.87 bits per heavy atom. The number of fused-ring (bicyclic) bond motifs is 1. The summed E-state index contributed by atoms with van der Waals surface area (Å²) in [6.07, 6.45) is 1.66. The minimum absolute atomic E-state index is 0.0399. The number of hydrogen-bond acceptors (Lipinski definition) is 5. The van der Waals surface area contributed by atoms with E-state index in [2.05, 4.69) is 10.3 Å². The van der Waals surface area contributed by atoms with Crippen LogP contribution in [0.5, 0.6) is 0 Å². The fourth-order valence-electron chi connectivity index (χ4n) is 2.37. The van der Waals surface area contributed by atoms with Crippen molar-refractivity contribution in [1.29, 1.82) is 0 Å². The lowest BCUT2D eigenvalue weighted by molar-refractivity contribution is 0.598. The van der Waals surface area contributed by atoms with Crippen molar-refractivity contribution in [3.8, 4) is 0 Å². The summed E-state index contributed by atoms with van der Waals surface area (Å²) in [5.74, 6) is 0.598. The number of pyridine rings is 1. The standard InChI is InChI=1S/C16H16N4O2S/c1-10-5-6-14-13(15(10)17)7-8-19-16(14)20-11-3-2-4-12(9-11)23(18,21)22/h2-9H,17H2,1H3,(H,19,20)(H2,18,21,22). The predicted molar refractivity (Wildman–Crippen MR) is 92.0 cm³/mol. The Hall–Kier alpha value is -2.64. The number of rotatable bonds is 3. The zero-order valence-electron chi connectivity index (χ0n) is 12.4. The number of primary sulfonamides is 1. The summed E-state index contributed by atoms with van der Waals surface area (Å²) >= 11 is 0. The summed E-state index contributed by atoms with van der Waals surface area (Å²) in [6.45, 7) is 1.94. The molecule has 0 spiro atoms. The average Bonchev–Trinajstić information content (AvgIpc) is 2.51. The lowest BCUT2D eigenvalue weighted by Crippen LogP contribution is -2.12. The largest absolute Gasteiger partial charge is 0.398 e. The van der Waals surface area contributed by atoms with Gasteiger partial charge in [-0.3, -0.25) is 0 Å². The Labute approximate surface area is 134 Å². The number of nitrogens with zero attached hydrogens (tertiary/aromatic N) is 1. The smallest absolute Gasteiger partial charge is 0.238 e. The number of benzene rings is 2. The molecule has 23 heavy (non-hydrogen) atoms. The van der Waals surface area contributed by atoms with Gasteiger partial charge in [0.2, 0.25) is 10.0 Å². The second kappa shape index (κ2) is 5.53. The van der Waals surface area contributed by atoms with Gasteiger partial charge in [-0.15, -0.1) is 0 Å². The van der Waals surface area contributed by atoms with E-state index in [-0.39, 0.29) is 4.90 Å². The van der Waals surface area contributed by atoms with Crippen LogP contribution < -0.4 is 16.2 Å². The summed E-state index contributed by atoms with van der Waals surface area (Å²) in [5, 5.41) is 10.0. The normalized spacial score (nSPS) is 11.6. The summed E-state index contributed by atoms with van der Waals surface area (Å²) in [5.41, 5.74) is 8.38. The monoisotopic (exact) mass is 328 g/mol. The molecule has 6 nitrogen and oxygen atoms in total. The molecule has 1 aromatic heterocycles. The summed E-state index contributed by atoms with van der Waals surface area (Å²) < 4.78 is 22.9. The first kappa shape index (κ1) is 15.3. The Bertz CT molecular complexity index is 1000. The molecule has 0 saturated carbocycles. The fourth-order valence-corrected chi connectivity index (χ4v) is 2.93. The molecule has 0 unspecified atom stereocenters. The Morgan fingerprint density at radius 3 is 2.61 bits per heavy atom. The van der Waals surface area contributed by atoms with E-state index in [1.165, 1.54) is 12.1 Å². The molecule has 5 N–H and O–H groups in total. The summed E-state index contributed by atoms with van der Waals surface area (Å²) in [6, 6.07) is 12.0. The molecule has 0 bridgehead atoms. The molecule has 118 valence electrons. The van der Waals surface area contributed by atoms with Gasteiger partial charge in [-0.1, -0.05) is 18.2 Å². The molecule has 0 aliphatic rings. The van der Waals surface area contributed by atoms with E-state index in [4.69, 9.17) is 10.9 Å². The van der Waals surface area contributed by atoms with Gasteiger partial charge in [0.05, 0.1) is 4.90 Å². The molecule has 2 aromatic carbocycles. The maximum atomic E-state index is 11.4. The Kier molecular flexibility index (Phi) is 3.67. The first-order chi connectivity index (χ1) is 10.9. The molecule has 0 atom stereocenters. The van der Waals surface area contributed by atoms with Gasteiger partial charge >= 0.3 is 0 Å². The van der Waals surface area contributed by atoms with Crippen LogP contribution in [0.15, 0.2) is 53.6 Å². The van der Waals surface area contributed by atoms with Crippen molar-refractivity contribution in [3.05, 3.63) is 54.2 Å². The number of hydrogen-bond donors (Lipinski definition) is 3. The van der Waals surface area contributed by atoms with Gasteiger partial charge in [-0.05, 0) is 36.8 Å². The van der Waals surface area contributed by atoms with E-state index in [1.54, 1.807) is 18.3 Å². The average molecular weight is 328 g/mol. The van der Waals surface area contributed by atoms with Crippen LogP contribution in [0.3, 0.4) is 0 Å². The molecule has 1 heterocycles. The number of anilines is 3. The predicted octanol–water partition coefficient (Wildman–Crippen LogP) is 2.52. The lowest BCUT2D eigenvalue weighted by Gasteiger charge is -2.12. The van der Waals surface area contributed by atoms with Crippen LogP contribution in [0, 0.1) is 6.92 Å². The van der Waals surface area contributed by atoms with Crippen molar-refractivity contribution in [1.82, 2.24) is 4.98 Å². The van der Waals surface area contributed by atoms with Crippen molar-refractivity contribution in [2.75, 3.05) is 11.1 Å². The van der Waals surface area contributed by atoms with Crippen LogP contribution in [-0.2, 0) is 10.0 Å². The highest BCUT2D eigenvalue weighted by molar-refractivity contribution is 7.89. The maximum absolute atomic E-state index is 11.4. The van der Waals surface area contributed by atoms with Crippen molar-refractivity contribution in [2.24, 2.45) is 5.14 Å². The van der Waals surface area contributed by atoms with Gasteiger partial charge in [-0.2, -0.15) is 0 Å². The second-order valence-corrected chi connectivity index (χ2v) is 6.81. The summed E-state index contributed by atoms with van der Waals surface area (Å²) in [7, 11) is -3.75. The van der Waals surface area contributed by atoms with E-state index in [1.807, 2.05) is 25.1 Å². The molecule has 0 radical (unpaired) electrons. The molecule has 0 amide bonds. The van der Waals surface area contributed by atoms with E-state index in [0.717, 1.165) is 16.3 Å². The highest BCUT2D eigenvalue weighted by Gasteiger charge is 2.10. The van der Waals surface area contributed by atoms with Gasteiger partial charge in [0, 0.05) is 28.3 Å². The Morgan fingerprint density at radius 1 is 1.09 bits per heavy atom. The fraction of sp³-hybridized carbons (Fsp3) is 0.0625.